The standard InChI is InChI=1S/C27H32N4O7/c1-37-14-4-13-31-22-16-19(10-11-23(22)38-27(31)36)18-8-6-17(7-9-18)15-20(24(28)32)29-25(33)21-5-2-3-12-30(21)26(34)35/h6-11,16,20-21H,2-5,12-15H2,1H3,(H2,28,32)(H,29,33)(H,34,35)/t20-,21?/m0/s1. The lowest BCUT2D eigenvalue weighted by molar-refractivity contribution is -0.131. The van der Waals surface area contributed by atoms with Gasteiger partial charge in [-0.05, 0) is 54.5 Å². The van der Waals surface area contributed by atoms with E-state index in [9.17, 15) is 24.3 Å². The minimum absolute atomic E-state index is 0.168. The minimum atomic E-state index is -1.16. The van der Waals surface area contributed by atoms with Gasteiger partial charge < -0.3 is 25.3 Å². The van der Waals surface area contributed by atoms with Crippen LogP contribution in [0.25, 0.3) is 22.2 Å². The molecule has 11 nitrogen and oxygen atoms in total. The second-order valence-corrected chi connectivity index (χ2v) is 9.40. The average Bonchev–Trinajstić information content (AvgIpc) is 3.22. The number of hydrogen-bond acceptors (Lipinski definition) is 6. The van der Waals surface area contributed by atoms with Gasteiger partial charge >= 0.3 is 11.8 Å². The number of fused-ring (bicyclic) bond motifs is 1. The first-order chi connectivity index (χ1) is 18.3. The van der Waals surface area contributed by atoms with Gasteiger partial charge in [-0.3, -0.25) is 19.1 Å². The number of carbonyl (C=O) groups is 3. The lowest BCUT2D eigenvalue weighted by Gasteiger charge is -2.33. The number of ether oxygens (including phenoxy) is 1. The Balaban J connectivity index is 1.47. The molecule has 0 saturated carbocycles. The molecule has 4 N–H and O–H groups in total. The quantitative estimate of drug-likeness (QED) is 0.344. The molecule has 2 heterocycles. The number of amides is 3. The molecule has 1 aliphatic rings. The second-order valence-electron chi connectivity index (χ2n) is 9.40. The third-order valence-electron chi connectivity index (χ3n) is 6.84. The molecule has 1 saturated heterocycles. The molecule has 0 radical (unpaired) electrons. The summed E-state index contributed by atoms with van der Waals surface area (Å²) < 4.78 is 12.0. The SMILES string of the molecule is COCCCn1c(=O)oc2ccc(-c3ccc(C[C@H](NC(=O)C4CCCCN4C(=O)O)C(N)=O)cc3)cc21. The fraction of sp³-hybridized carbons (Fsp3) is 0.407. The van der Waals surface area contributed by atoms with Crippen molar-refractivity contribution in [1.29, 1.82) is 0 Å². The van der Waals surface area contributed by atoms with Crippen LogP contribution in [-0.4, -0.2) is 64.8 Å². The molecule has 3 aromatic rings. The predicted octanol–water partition coefficient (Wildman–Crippen LogP) is 2.34. The summed E-state index contributed by atoms with van der Waals surface area (Å²) in [4.78, 5) is 49.8. The largest absolute Gasteiger partial charge is 0.465 e. The highest BCUT2D eigenvalue weighted by molar-refractivity contribution is 5.91. The molecule has 11 heteroatoms. The van der Waals surface area contributed by atoms with E-state index < -0.39 is 35.7 Å². The molecule has 1 aromatic heterocycles. The Morgan fingerprint density at radius 3 is 2.58 bits per heavy atom. The number of nitrogens with zero attached hydrogens (tertiary/aromatic N) is 2. The first-order valence-corrected chi connectivity index (χ1v) is 12.6. The van der Waals surface area contributed by atoms with Crippen LogP contribution in [0.4, 0.5) is 4.79 Å². The molecule has 1 unspecified atom stereocenters. The van der Waals surface area contributed by atoms with Gasteiger partial charge in [-0.15, -0.1) is 0 Å². The summed E-state index contributed by atoms with van der Waals surface area (Å²) in [5, 5.41) is 12.1. The number of carboxylic acid groups (broad SMARTS) is 1. The summed E-state index contributed by atoms with van der Waals surface area (Å²) in [6.45, 7) is 1.29. The van der Waals surface area contributed by atoms with Crippen molar-refractivity contribution in [2.75, 3.05) is 20.3 Å². The highest BCUT2D eigenvalue weighted by atomic mass is 16.5. The first kappa shape index (κ1) is 26.9. The van der Waals surface area contributed by atoms with Gasteiger partial charge in [-0.2, -0.15) is 0 Å². The van der Waals surface area contributed by atoms with E-state index in [4.69, 9.17) is 14.9 Å². The monoisotopic (exact) mass is 524 g/mol. The van der Waals surface area contributed by atoms with Crippen molar-refractivity contribution < 1.29 is 28.6 Å². The van der Waals surface area contributed by atoms with Crippen LogP contribution >= 0.6 is 0 Å². The van der Waals surface area contributed by atoms with Gasteiger partial charge in [0, 0.05) is 33.2 Å². The summed E-state index contributed by atoms with van der Waals surface area (Å²) >= 11 is 0. The lowest BCUT2D eigenvalue weighted by atomic mass is 9.98. The van der Waals surface area contributed by atoms with Crippen LogP contribution in [0.15, 0.2) is 51.7 Å². The summed E-state index contributed by atoms with van der Waals surface area (Å²) in [5.41, 5.74) is 9.32. The molecular weight excluding hydrogens is 492 g/mol. The number of piperidine rings is 1. The topological polar surface area (TPSA) is 157 Å². The number of benzene rings is 2. The summed E-state index contributed by atoms with van der Waals surface area (Å²) in [5.74, 6) is -1.63. The summed E-state index contributed by atoms with van der Waals surface area (Å²) in [7, 11) is 1.61. The zero-order chi connectivity index (χ0) is 27.2. The zero-order valence-electron chi connectivity index (χ0n) is 21.2. The number of methoxy groups -OCH3 is 1. The maximum absolute atomic E-state index is 12.8. The van der Waals surface area contributed by atoms with Crippen molar-refractivity contribution >= 4 is 29.0 Å². The number of oxazole rings is 1. The van der Waals surface area contributed by atoms with E-state index in [1.807, 2.05) is 36.4 Å². The molecule has 1 fully saturated rings. The summed E-state index contributed by atoms with van der Waals surface area (Å²) in [6.07, 6.45) is 1.52. The molecule has 0 bridgehead atoms. The smallest absolute Gasteiger partial charge is 0.419 e. The first-order valence-electron chi connectivity index (χ1n) is 12.6. The Morgan fingerprint density at radius 2 is 1.89 bits per heavy atom. The number of hydrogen-bond donors (Lipinski definition) is 3. The lowest BCUT2D eigenvalue weighted by Crippen LogP contribution is -2.56. The van der Waals surface area contributed by atoms with Crippen molar-refractivity contribution in [1.82, 2.24) is 14.8 Å². The van der Waals surface area contributed by atoms with E-state index in [0.29, 0.717) is 43.5 Å². The van der Waals surface area contributed by atoms with Crippen molar-refractivity contribution in [3.05, 3.63) is 58.6 Å². The zero-order valence-corrected chi connectivity index (χ0v) is 21.2. The van der Waals surface area contributed by atoms with E-state index in [2.05, 4.69) is 5.32 Å². The van der Waals surface area contributed by atoms with Crippen molar-refractivity contribution in [2.45, 2.75) is 50.7 Å². The van der Waals surface area contributed by atoms with Crippen LogP contribution < -0.4 is 16.8 Å². The minimum Gasteiger partial charge on any atom is -0.465 e. The fourth-order valence-corrected chi connectivity index (χ4v) is 4.81. The van der Waals surface area contributed by atoms with E-state index in [-0.39, 0.29) is 13.0 Å². The van der Waals surface area contributed by atoms with Gasteiger partial charge in [0.15, 0.2) is 5.58 Å². The van der Waals surface area contributed by atoms with Crippen LogP contribution in [0.3, 0.4) is 0 Å². The van der Waals surface area contributed by atoms with Crippen molar-refractivity contribution in [2.24, 2.45) is 5.73 Å². The van der Waals surface area contributed by atoms with Gasteiger partial charge in [-0.1, -0.05) is 30.3 Å². The van der Waals surface area contributed by atoms with Gasteiger partial charge in [0.25, 0.3) is 0 Å². The third-order valence-corrected chi connectivity index (χ3v) is 6.84. The maximum atomic E-state index is 12.8. The van der Waals surface area contributed by atoms with Crippen LogP contribution in [0.2, 0.25) is 0 Å². The second kappa shape index (κ2) is 12.0. The Morgan fingerprint density at radius 1 is 1.16 bits per heavy atom. The molecule has 0 spiro atoms. The number of rotatable bonds is 10. The van der Waals surface area contributed by atoms with E-state index >= 15 is 0 Å². The molecule has 2 aromatic carbocycles. The van der Waals surface area contributed by atoms with E-state index in [0.717, 1.165) is 28.0 Å². The van der Waals surface area contributed by atoms with Crippen LogP contribution in [-0.2, 0) is 27.3 Å². The highest BCUT2D eigenvalue weighted by Crippen LogP contribution is 2.25. The number of nitrogens with one attached hydrogen (secondary N) is 1. The number of likely N-dealkylation sites (tertiary alicyclic amines) is 1. The normalized spacial score (nSPS) is 16.3. The molecule has 2 atom stereocenters. The van der Waals surface area contributed by atoms with Gasteiger partial charge in [-0.25, -0.2) is 9.59 Å². The Bertz CT molecular complexity index is 1360. The molecule has 1 aliphatic heterocycles. The van der Waals surface area contributed by atoms with Gasteiger partial charge in [0.2, 0.25) is 11.8 Å². The van der Waals surface area contributed by atoms with Crippen molar-refractivity contribution in [3.63, 3.8) is 0 Å². The van der Waals surface area contributed by atoms with Crippen LogP contribution in [0, 0.1) is 0 Å². The third kappa shape index (κ3) is 6.05. The maximum Gasteiger partial charge on any atom is 0.419 e. The molecule has 202 valence electrons. The molecule has 3 amide bonds. The fourth-order valence-electron chi connectivity index (χ4n) is 4.81. The highest BCUT2D eigenvalue weighted by Gasteiger charge is 2.33. The number of aryl methyl sites for hydroxylation is 1. The van der Waals surface area contributed by atoms with E-state index in [1.54, 1.807) is 17.7 Å². The van der Waals surface area contributed by atoms with Crippen molar-refractivity contribution in [3.8, 4) is 11.1 Å². The number of nitrogens with two attached hydrogens (primary N) is 1. The molecular formula is C27H32N4O7. The number of carbonyl (C=O) groups excluding carboxylic acids is 2. The Kier molecular flexibility index (Phi) is 8.47. The van der Waals surface area contributed by atoms with Gasteiger partial charge in [0.1, 0.15) is 12.1 Å². The number of primary amides is 1. The van der Waals surface area contributed by atoms with Crippen LogP contribution in [0.5, 0.6) is 0 Å². The average molecular weight is 525 g/mol. The predicted molar refractivity (Wildman–Crippen MR) is 140 cm³/mol. The van der Waals surface area contributed by atoms with Crippen LogP contribution in [0.1, 0.15) is 31.2 Å². The Labute approximate surface area is 219 Å². The van der Waals surface area contributed by atoms with Gasteiger partial charge in [0.05, 0.1) is 5.52 Å². The molecule has 4 rings (SSSR count). The summed E-state index contributed by atoms with van der Waals surface area (Å²) in [6, 6.07) is 11.2. The van der Waals surface area contributed by atoms with E-state index in [1.165, 1.54) is 0 Å². The Hall–Kier alpha value is -4.12. The molecule has 0 aliphatic carbocycles. The number of aromatic nitrogens is 1. The molecule has 38 heavy (non-hydrogen) atoms.